The van der Waals surface area contributed by atoms with Gasteiger partial charge in [-0.05, 0) is 122 Å². The Labute approximate surface area is 310 Å². The molecule has 0 atom stereocenters. The first-order chi connectivity index (χ1) is 25.0. The molecule has 2 nitrogen and oxygen atoms in total. The van der Waals surface area contributed by atoms with Gasteiger partial charge >= 0.3 is 0 Å². The maximum atomic E-state index is 2.58. The normalized spacial score (nSPS) is 16.4. The van der Waals surface area contributed by atoms with Gasteiger partial charge < -0.3 is 9.80 Å². The van der Waals surface area contributed by atoms with E-state index in [9.17, 15) is 0 Å². The number of anilines is 6. The summed E-state index contributed by atoms with van der Waals surface area (Å²) in [5.74, 6) is 0. The Morgan fingerprint density at radius 2 is 1.04 bits per heavy atom. The third-order valence-electron chi connectivity index (χ3n) is 12.7. The van der Waals surface area contributed by atoms with Crippen LogP contribution in [-0.4, -0.2) is 6.71 Å². The van der Waals surface area contributed by atoms with E-state index in [0.29, 0.717) is 0 Å². The number of fused-ring (bicyclic) bond motifs is 9. The van der Waals surface area contributed by atoms with E-state index in [2.05, 4.69) is 179 Å². The summed E-state index contributed by atoms with van der Waals surface area (Å²) in [4.78, 5) is 5.10. The fourth-order valence-corrected chi connectivity index (χ4v) is 10.1. The molecule has 2 heterocycles. The van der Waals surface area contributed by atoms with Crippen LogP contribution in [0.25, 0.3) is 11.1 Å². The van der Waals surface area contributed by atoms with Crippen LogP contribution in [-0.2, 0) is 16.2 Å². The van der Waals surface area contributed by atoms with Crippen molar-refractivity contribution in [3.8, 4) is 11.1 Å². The molecule has 1 saturated carbocycles. The van der Waals surface area contributed by atoms with Crippen LogP contribution in [0, 0.1) is 0 Å². The van der Waals surface area contributed by atoms with E-state index in [4.69, 9.17) is 0 Å². The van der Waals surface area contributed by atoms with Gasteiger partial charge in [0.15, 0.2) is 0 Å². The second-order valence-electron chi connectivity index (χ2n) is 17.8. The van der Waals surface area contributed by atoms with Gasteiger partial charge in [-0.3, -0.25) is 0 Å². The van der Waals surface area contributed by atoms with Crippen molar-refractivity contribution in [3.05, 3.63) is 150 Å². The van der Waals surface area contributed by atoms with E-state index in [1.54, 1.807) is 0 Å². The first kappa shape index (κ1) is 31.7. The number of rotatable bonds is 2. The molecule has 0 N–H and O–H groups in total. The van der Waals surface area contributed by atoms with Crippen molar-refractivity contribution in [1.82, 2.24) is 0 Å². The summed E-state index contributed by atoms with van der Waals surface area (Å²) in [6.45, 7) is 14.1. The van der Waals surface area contributed by atoms with E-state index in [1.165, 1.54) is 110 Å². The van der Waals surface area contributed by atoms with Gasteiger partial charge in [-0.1, -0.05) is 133 Å². The maximum absolute atomic E-state index is 2.58. The second kappa shape index (κ2) is 11.0. The van der Waals surface area contributed by atoms with E-state index >= 15 is 0 Å². The fourth-order valence-electron chi connectivity index (χ4n) is 10.1. The van der Waals surface area contributed by atoms with E-state index < -0.39 is 0 Å². The van der Waals surface area contributed by atoms with Crippen LogP contribution in [0.5, 0.6) is 0 Å². The highest BCUT2D eigenvalue weighted by molar-refractivity contribution is 7.00. The zero-order chi connectivity index (χ0) is 35.6. The molecule has 52 heavy (non-hydrogen) atoms. The zero-order valence-electron chi connectivity index (χ0n) is 31.4. The lowest BCUT2D eigenvalue weighted by atomic mass is 9.33. The fraction of sp³-hybridized carbons (Fsp3) is 0.265. The molecule has 3 heteroatoms. The molecule has 0 radical (unpaired) electrons. The molecule has 4 aliphatic rings. The van der Waals surface area contributed by atoms with Crippen LogP contribution in [0.4, 0.5) is 34.1 Å². The summed E-state index contributed by atoms with van der Waals surface area (Å²) < 4.78 is 0. The average molecular weight is 675 g/mol. The molecule has 0 saturated heterocycles. The van der Waals surface area contributed by atoms with Crippen molar-refractivity contribution in [1.29, 1.82) is 0 Å². The summed E-state index contributed by atoms with van der Waals surface area (Å²) in [7, 11) is 0. The van der Waals surface area contributed by atoms with Crippen molar-refractivity contribution in [2.24, 2.45) is 0 Å². The molecule has 2 aliphatic heterocycles. The zero-order valence-corrected chi connectivity index (χ0v) is 31.4. The predicted molar refractivity (Wildman–Crippen MR) is 223 cm³/mol. The van der Waals surface area contributed by atoms with E-state index in [-0.39, 0.29) is 23.0 Å². The molecule has 0 unspecified atom stereocenters. The van der Waals surface area contributed by atoms with Gasteiger partial charge in [0, 0.05) is 39.5 Å². The lowest BCUT2D eigenvalue weighted by Gasteiger charge is -2.45. The van der Waals surface area contributed by atoms with Gasteiger partial charge in [-0.15, -0.1) is 0 Å². The number of hydrogen-bond acceptors (Lipinski definition) is 2. The Kier molecular flexibility index (Phi) is 6.70. The minimum absolute atomic E-state index is 0.0212. The summed E-state index contributed by atoms with van der Waals surface area (Å²) in [6.07, 6.45) is 5.10. The number of para-hydroxylation sites is 1. The maximum Gasteiger partial charge on any atom is 0.252 e. The van der Waals surface area contributed by atoms with Gasteiger partial charge in [0.25, 0.3) is 6.71 Å². The molecule has 2 aliphatic carbocycles. The SMILES string of the molecule is CC(C)(C)c1ccc2c(c1)B1c3cc(C(C)(C)C)ccc3N(c3ccc4c(c3)-c3ccccc3C43CCCC3)c3cccc(c31)N2c1ccccc1. The molecule has 6 aromatic carbocycles. The summed E-state index contributed by atoms with van der Waals surface area (Å²) in [5.41, 5.74) is 20.5. The largest absolute Gasteiger partial charge is 0.311 e. The topological polar surface area (TPSA) is 6.48 Å². The number of benzene rings is 6. The van der Waals surface area contributed by atoms with Crippen LogP contribution in [0.3, 0.4) is 0 Å². The minimum Gasteiger partial charge on any atom is -0.311 e. The highest BCUT2D eigenvalue weighted by Gasteiger charge is 2.47. The van der Waals surface area contributed by atoms with Crippen molar-refractivity contribution in [2.45, 2.75) is 83.5 Å². The molecule has 256 valence electrons. The Morgan fingerprint density at radius 1 is 0.481 bits per heavy atom. The van der Waals surface area contributed by atoms with Crippen LogP contribution < -0.4 is 26.2 Å². The molecular weight excluding hydrogens is 627 g/mol. The van der Waals surface area contributed by atoms with Crippen molar-refractivity contribution in [2.75, 3.05) is 9.80 Å². The molecule has 6 aromatic rings. The smallest absolute Gasteiger partial charge is 0.252 e. The summed E-state index contributed by atoms with van der Waals surface area (Å²) in [6, 6.07) is 49.2. The molecule has 0 bridgehead atoms. The third-order valence-corrected chi connectivity index (χ3v) is 12.7. The van der Waals surface area contributed by atoms with Crippen LogP contribution in [0.15, 0.2) is 127 Å². The van der Waals surface area contributed by atoms with Gasteiger partial charge in [0.1, 0.15) is 0 Å². The Balaban J connectivity index is 1.26. The Hall–Kier alpha value is -5.02. The van der Waals surface area contributed by atoms with Crippen molar-refractivity contribution in [3.63, 3.8) is 0 Å². The first-order valence-electron chi connectivity index (χ1n) is 19.4. The summed E-state index contributed by atoms with van der Waals surface area (Å²) >= 11 is 0. The van der Waals surface area contributed by atoms with Crippen LogP contribution in [0.2, 0.25) is 0 Å². The minimum atomic E-state index is 0.0212. The molecule has 1 fully saturated rings. The van der Waals surface area contributed by atoms with Crippen LogP contribution in [0.1, 0.15) is 89.5 Å². The molecule has 0 amide bonds. The standard InChI is InChI=1S/C49H47BN2/c1-47(2,3)32-21-25-42-40(29-32)50-41-30-33(48(4,5)6)22-26-43(41)52(45-20-14-19-44(46(45)50)51(42)34-15-8-7-9-16-34)35-23-24-39-37(31-35)36-17-10-11-18-38(36)49(39)27-12-13-28-49/h7-11,14-26,29-31H,12-13,27-28H2,1-6H3. The Morgan fingerprint density at radius 3 is 1.65 bits per heavy atom. The average Bonchev–Trinajstić information content (AvgIpc) is 3.74. The molecule has 0 aromatic heterocycles. The highest BCUT2D eigenvalue weighted by Crippen LogP contribution is 2.58. The number of nitrogens with zero attached hydrogens (tertiary/aromatic N) is 2. The van der Waals surface area contributed by atoms with E-state index in [1.807, 2.05) is 0 Å². The third kappa shape index (κ3) is 4.44. The predicted octanol–water partition coefficient (Wildman–Crippen LogP) is 11.2. The quantitative estimate of drug-likeness (QED) is 0.168. The summed E-state index contributed by atoms with van der Waals surface area (Å²) in [5, 5.41) is 0. The molecular formula is C49H47BN2. The van der Waals surface area contributed by atoms with Gasteiger partial charge in [-0.25, -0.2) is 0 Å². The lowest BCUT2D eigenvalue weighted by Crippen LogP contribution is -2.61. The highest BCUT2D eigenvalue weighted by atomic mass is 15.2. The van der Waals surface area contributed by atoms with Crippen molar-refractivity contribution < 1.29 is 0 Å². The van der Waals surface area contributed by atoms with Gasteiger partial charge in [0.05, 0.1) is 0 Å². The number of hydrogen-bond donors (Lipinski definition) is 0. The van der Waals surface area contributed by atoms with Gasteiger partial charge in [-0.2, -0.15) is 0 Å². The van der Waals surface area contributed by atoms with E-state index in [0.717, 1.165) is 0 Å². The van der Waals surface area contributed by atoms with Gasteiger partial charge in [0.2, 0.25) is 0 Å². The van der Waals surface area contributed by atoms with Crippen LogP contribution >= 0.6 is 0 Å². The molecule has 1 spiro atoms. The monoisotopic (exact) mass is 674 g/mol. The first-order valence-corrected chi connectivity index (χ1v) is 19.4. The molecule has 10 rings (SSSR count). The Bertz CT molecular complexity index is 2400. The lowest BCUT2D eigenvalue weighted by molar-refractivity contribution is 0.550. The van der Waals surface area contributed by atoms with Crippen molar-refractivity contribution >= 4 is 57.2 Å². The second-order valence-corrected chi connectivity index (χ2v) is 17.8.